The first-order valence-corrected chi connectivity index (χ1v) is 12.9. The highest BCUT2D eigenvalue weighted by Crippen LogP contribution is 2.34. The van der Waals surface area contributed by atoms with Crippen LogP contribution in [0.15, 0.2) is 54.7 Å². The second-order valence-corrected chi connectivity index (χ2v) is 10.2. The fourth-order valence-electron chi connectivity index (χ4n) is 5.27. The molecule has 2 aliphatic rings. The van der Waals surface area contributed by atoms with Crippen LogP contribution >= 0.6 is 0 Å². The Kier molecular flexibility index (Phi) is 7.04. The van der Waals surface area contributed by atoms with Gasteiger partial charge in [-0.2, -0.15) is 13.2 Å². The lowest BCUT2D eigenvalue weighted by molar-refractivity contribution is -0.389. The Bertz CT molecular complexity index is 1280. The average molecular weight is 546 g/mol. The van der Waals surface area contributed by atoms with E-state index in [-0.39, 0.29) is 24.5 Å². The number of nitrogens with zero attached hydrogens (tertiary/aromatic N) is 5. The lowest BCUT2D eigenvalue weighted by atomic mass is 10.0. The molecule has 2 aromatic carbocycles. The van der Waals surface area contributed by atoms with Crippen molar-refractivity contribution in [3.8, 4) is 11.8 Å². The van der Waals surface area contributed by atoms with E-state index in [0.717, 1.165) is 56.0 Å². The second kappa shape index (κ2) is 10.3. The third kappa shape index (κ3) is 5.74. The van der Waals surface area contributed by atoms with E-state index in [9.17, 15) is 23.3 Å². The zero-order valence-corrected chi connectivity index (χ0v) is 21.7. The standard InChI is InChI=1S/C27H30F3N5O4/c1-3-34(21-6-4-19(5-7-21)27(28,29)30)22-12-14-32(15-13-22)20-8-10-23(11-9-20)38-18-26(2)17-33-16-24(35(36)37)31-25(33)39-26/h4-11,16,22H,3,12-15,17-18H2,1-2H3/t26-/m1/s1. The van der Waals surface area contributed by atoms with E-state index in [0.29, 0.717) is 12.3 Å². The largest absolute Gasteiger partial charge is 0.489 e. The van der Waals surface area contributed by atoms with Gasteiger partial charge in [-0.25, -0.2) is 0 Å². The molecule has 1 aromatic heterocycles. The van der Waals surface area contributed by atoms with Gasteiger partial charge in [-0.3, -0.25) is 4.57 Å². The van der Waals surface area contributed by atoms with Gasteiger partial charge in [0, 0.05) is 42.0 Å². The van der Waals surface area contributed by atoms with Gasteiger partial charge in [0.2, 0.25) is 0 Å². The van der Waals surface area contributed by atoms with E-state index < -0.39 is 22.3 Å². The molecule has 39 heavy (non-hydrogen) atoms. The highest BCUT2D eigenvalue weighted by Gasteiger charge is 2.41. The molecular weight excluding hydrogens is 515 g/mol. The normalized spacial score (nSPS) is 19.5. The van der Waals surface area contributed by atoms with Crippen molar-refractivity contribution in [1.29, 1.82) is 0 Å². The van der Waals surface area contributed by atoms with Crippen LogP contribution in [0.25, 0.3) is 0 Å². The molecule has 1 saturated heterocycles. The lowest BCUT2D eigenvalue weighted by Gasteiger charge is -2.40. The maximum atomic E-state index is 12.9. The zero-order chi connectivity index (χ0) is 27.8. The predicted molar refractivity (Wildman–Crippen MR) is 140 cm³/mol. The summed E-state index contributed by atoms with van der Waals surface area (Å²) < 4.78 is 52.2. The number of aromatic nitrogens is 2. The molecule has 0 spiro atoms. The fraction of sp³-hybridized carbons (Fsp3) is 0.444. The second-order valence-electron chi connectivity index (χ2n) is 10.2. The smallest absolute Gasteiger partial charge is 0.416 e. The fourth-order valence-corrected chi connectivity index (χ4v) is 5.27. The molecule has 0 N–H and O–H groups in total. The molecule has 3 heterocycles. The van der Waals surface area contributed by atoms with Crippen LogP contribution < -0.4 is 19.3 Å². The number of benzene rings is 2. The third-order valence-electron chi connectivity index (χ3n) is 7.28. The molecule has 2 aliphatic heterocycles. The Morgan fingerprint density at radius 3 is 2.38 bits per heavy atom. The Balaban J connectivity index is 1.13. The molecule has 208 valence electrons. The van der Waals surface area contributed by atoms with Crippen LogP contribution in [0.1, 0.15) is 32.3 Å². The Morgan fingerprint density at radius 1 is 1.15 bits per heavy atom. The highest BCUT2D eigenvalue weighted by molar-refractivity contribution is 5.52. The topological polar surface area (TPSA) is 85.9 Å². The van der Waals surface area contributed by atoms with Crippen LogP contribution in [0.2, 0.25) is 0 Å². The Morgan fingerprint density at radius 2 is 1.82 bits per heavy atom. The monoisotopic (exact) mass is 545 g/mol. The molecule has 0 amide bonds. The number of alkyl halides is 3. The van der Waals surface area contributed by atoms with Crippen LogP contribution in [-0.2, 0) is 12.7 Å². The van der Waals surface area contributed by atoms with Gasteiger partial charge in [0.15, 0.2) is 5.60 Å². The number of halogens is 3. The molecular formula is C27H30F3N5O4. The summed E-state index contributed by atoms with van der Waals surface area (Å²) in [5.41, 5.74) is 0.574. The quantitative estimate of drug-likeness (QED) is 0.272. The minimum atomic E-state index is -4.33. The van der Waals surface area contributed by atoms with Gasteiger partial charge in [0.25, 0.3) is 0 Å². The van der Waals surface area contributed by atoms with Gasteiger partial charge < -0.3 is 29.4 Å². The molecule has 5 rings (SSSR count). The Hall–Kier alpha value is -3.96. The van der Waals surface area contributed by atoms with Crippen LogP contribution in [0, 0.1) is 10.1 Å². The van der Waals surface area contributed by atoms with Gasteiger partial charge >= 0.3 is 18.0 Å². The van der Waals surface area contributed by atoms with Crippen molar-refractivity contribution in [2.24, 2.45) is 0 Å². The number of piperidine rings is 1. The summed E-state index contributed by atoms with van der Waals surface area (Å²) in [6.45, 7) is 6.96. The molecule has 0 aliphatic carbocycles. The van der Waals surface area contributed by atoms with Gasteiger partial charge in [-0.05, 0) is 80.1 Å². The van der Waals surface area contributed by atoms with Crippen molar-refractivity contribution in [1.82, 2.24) is 9.55 Å². The molecule has 0 saturated carbocycles. The van der Waals surface area contributed by atoms with E-state index in [1.54, 1.807) is 16.7 Å². The third-order valence-corrected chi connectivity index (χ3v) is 7.28. The minimum absolute atomic E-state index is 0.214. The Labute approximate surface area is 223 Å². The molecule has 1 fully saturated rings. The van der Waals surface area contributed by atoms with Crippen molar-refractivity contribution in [2.45, 2.75) is 51.1 Å². The summed E-state index contributed by atoms with van der Waals surface area (Å²) >= 11 is 0. The lowest BCUT2D eigenvalue weighted by Crippen LogP contribution is -2.45. The first-order valence-electron chi connectivity index (χ1n) is 12.9. The molecule has 12 heteroatoms. The number of ether oxygens (including phenoxy) is 2. The van der Waals surface area contributed by atoms with Crippen LogP contribution in [0.5, 0.6) is 11.8 Å². The maximum Gasteiger partial charge on any atom is 0.416 e. The highest BCUT2D eigenvalue weighted by atomic mass is 19.4. The van der Waals surface area contributed by atoms with Crippen molar-refractivity contribution < 1.29 is 27.6 Å². The van der Waals surface area contributed by atoms with Crippen LogP contribution in [0.3, 0.4) is 0 Å². The van der Waals surface area contributed by atoms with E-state index >= 15 is 0 Å². The number of rotatable bonds is 8. The minimum Gasteiger partial charge on any atom is -0.489 e. The van der Waals surface area contributed by atoms with E-state index in [1.807, 2.05) is 38.1 Å². The molecule has 0 radical (unpaired) electrons. The van der Waals surface area contributed by atoms with Gasteiger partial charge in [0.05, 0.1) is 12.1 Å². The summed E-state index contributed by atoms with van der Waals surface area (Å²) in [5, 5.41) is 10.9. The zero-order valence-electron chi connectivity index (χ0n) is 21.7. The SMILES string of the molecule is CCN(c1ccc(C(F)(F)F)cc1)C1CCN(c2ccc(OC[C@@]3(C)Cn4cc([N+](=O)[O-])nc4O3)cc2)CC1. The van der Waals surface area contributed by atoms with Crippen LogP contribution in [-0.4, -0.2) is 52.4 Å². The summed E-state index contributed by atoms with van der Waals surface area (Å²) in [6.07, 6.45) is -1.17. The molecule has 1 atom stereocenters. The molecule has 3 aromatic rings. The number of hydrogen-bond donors (Lipinski definition) is 0. The van der Waals surface area contributed by atoms with E-state index in [4.69, 9.17) is 9.47 Å². The van der Waals surface area contributed by atoms with Crippen molar-refractivity contribution in [2.75, 3.05) is 36.0 Å². The molecule has 0 bridgehead atoms. The average Bonchev–Trinajstić information content (AvgIpc) is 3.44. The molecule has 9 nitrogen and oxygen atoms in total. The summed E-state index contributed by atoms with van der Waals surface area (Å²) in [7, 11) is 0. The number of hydrogen-bond acceptors (Lipinski definition) is 7. The van der Waals surface area contributed by atoms with Crippen molar-refractivity contribution in [3.05, 3.63) is 70.4 Å². The van der Waals surface area contributed by atoms with Crippen molar-refractivity contribution in [3.63, 3.8) is 0 Å². The van der Waals surface area contributed by atoms with E-state index in [1.165, 1.54) is 6.20 Å². The van der Waals surface area contributed by atoms with Crippen molar-refractivity contribution >= 4 is 17.2 Å². The summed E-state index contributed by atoms with van der Waals surface area (Å²) in [6, 6.07) is 13.7. The van der Waals surface area contributed by atoms with Gasteiger partial charge in [-0.1, -0.05) is 0 Å². The first-order chi connectivity index (χ1) is 18.5. The van der Waals surface area contributed by atoms with Crippen LogP contribution in [0.4, 0.5) is 30.4 Å². The number of nitro groups is 1. The van der Waals surface area contributed by atoms with Gasteiger partial charge in [-0.15, -0.1) is 0 Å². The number of fused-ring (bicyclic) bond motifs is 1. The molecule has 0 unspecified atom stereocenters. The van der Waals surface area contributed by atoms with Gasteiger partial charge in [0.1, 0.15) is 18.6 Å². The number of anilines is 2. The first kappa shape index (κ1) is 26.6. The van der Waals surface area contributed by atoms with E-state index in [2.05, 4.69) is 14.8 Å². The predicted octanol–water partition coefficient (Wildman–Crippen LogP) is 5.54. The maximum absolute atomic E-state index is 12.9. The number of imidazole rings is 1. The summed E-state index contributed by atoms with van der Waals surface area (Å²) in [5.74, 6) is 0.447. The summed E-state index contributed by atoms with van der Waals surface area (Å²) in [4.78, 5) is 18.7.